The highest BCUT2D eigenvalue weighted by Crippen LogP contribution is 2.48. The number of esters is 1. The first-order chi connectivity index (χ1) is 24.7. The summed E-state index contributed by atoms with van der Waals surface area (Å²) in [5, 5.41) is 14.2. The van der Waals surface area contributed by atoms with Crippen LogP contribution >= 0.6 is 11.6 Å². The fraction of sp³-hybridized carbons (Fsp3) is 0.441. The number of halogens is 4. The molecular formula is C34H40ClF3N8O6. The first-order valence-electron chi connectivity index (χ1n) is 16.6. The summed E-state index contributed by atoms with van der Waals surface area (Å²) in [4.78, 5) is 62.1. The van der Waals surface area contributed by atoms with Gasteiger partial charge in [-0.3, -0.25) is 14.4 Å². The van der Waals surface area contributed by atoms with Crippen LogP contribution in [-0.4, -0.2) is 77.7 Å². The van der Waals surface area contributed by atoms with Gasteiger partial charge in [0, 0.05) is 29.4 Å². The van der Waals surface area contributed by atoms with Gasteiger partial charge in [0.2, 0.25) is 11.9 Å². The van der Waals surface area contributed by atoms with E-state index < -0.39 is 54.1 Å². The zero-order valence-electron chi connectivity index (χ0n) is 28.7. The highest BCUT2D eigenvalue weighted by molar-refractivity contribution is 6.35. The number of hydrogen-bond donors (Lipinski definition) is 5. The Labute approximate surface area is 303 Å². The molecule has 1 heterocycles. The number of rotatable bonds is 17. The van der Waals surface area contributed by atoms with Crippen LogP contribution in [0.3, 0.4) is 0 Å². The maximum absolute atomic E-state index is 13.0. The standard InChI is InChI=1S/C34H40ClF3N8O6/c1-4-20(5-2)18-40-28(49)27(48)39-17-14-25(29(50)51-3)42-26(47)21-6-12-24(13-7-21)41-30-43-31(45-32(44-30)52-19-34(36,37)38)46-33(15-16-33)22-8-10-23(35)11-9-22/h6-13,20,25H,4-5,14-19H2,1-3H3,(H,39,48)(H,40,49)(H,42,47)(H2,41,43,44,45,46)/t25-/m0/s1. The van der Waals surface area contributed by atoms with Crippen LogP contribution in [0, 0.1) is 5.92 Å². The Morgan fingerprint density at radius 3 is 2.13 bits per heavy atom. The molecule has 4 rings (SSSR count). The summed E-state index contributed by atoms with van der Waals surface area (Å²) in [7, 11) is 1.15. The number of nitrogens with zero attached hydrogens (tertiary/aromatic N) is 3. The smallest absolute Gasteiger partial charge is 0.422 e. The van der Waals surface area contributed by atoms with Crippen molar-refractivity contribution in [3.8, 4) is 6.01 Å². The third-order valence-electron chi connectivity index (χ3n) is 8.30. The van der Waals surface area contributed by atoms with Gasteiger partial charge >= 0.3 is 30.0 Å². The van der Waals surface area contributed by atoms with E-state index in [1.807, 2.05) is 26.0 Å². The van der Waals surface area contributed by atoms with Crippen LogP contribution < -0.4 is 31.3 Å². The number of amides is 3. The molecule has 3 amide bonds. The number of alkyl halides is 3. The number of benzene rings is 2. The molecule has 280 valence electrons. The average molecular weight is 749 g/mol. The van der Waals surface area contributed by atoms with Gasteiger partial charge < -0.3 is 36.1 Å². The van der Waals surface area contributed by atoms with Gasteiger partial charge in [-0.1, -0.05) is 50.4 Å². The first kappa shape index (κ1) is 39.6. The lowest BCUT2D eigenvalue weighted by atomic mass is 10.0. The Balaban J connectivity index is 1.39. The number of hydrogen-bond acceptors (Lipinski definition) is 11. The van der Waals surface area contributed by atoms with E-state index in [0.717, 1.165) is 25.5 Å². The topological polar surface area (TPSA) is 186 Å². The van der Waals surface area contributed by atoms with Gasteiger partial charge in [0.1, 0.15) is 6.04 Å². The predicted molar refractivity (Wildman–Crippen MR) is 185 cm³/mol. The van der Waals surface area contributed by atoms with Crippen LogP contribution in [-0.2, 0) is 24.7 Å². The van der Waals surface area contributed by atoms with Gasteiger partial charge in [0.15, 0.2) is 6.61 Å². The van der Waals surface area contributed by atoms with Crippen molar-refractivity contribution in [1.82, 2.24) is 30.9 Å². The fourth-order valence-electron chi connectivity index (χ4n) is 5.04. The number of ether oxygens (including phenoxy) is 2. The second-order valence-corrected chi connectivity index (χ2v) is 12.5. The van der Waals surface area contributed by atoms with E-state index in [4.69, 9.17) is 21.1 Å². The summed E-state index contributed by atoms with van der Waals surface area (Å²) in [5.41, 5.74) is 0.862. The van der Waals surface area contributed by atoms with Crippen LogP contribution in [0.5, 0.6) is 6.01 Å². The summed E-state index contributed by atoms with van der Waals surface area (Å²) in [6, 6.07) is 11.3. The molecule has 0 aliphatic heterocycles. The monoisotopic (exact) mass is 748 g/mol. The molecule has 18 heteroatoms. The molecule has 0 bridgehead atoms. The minimum absolute atomic E-state index is 0.0228. The second kappa shape index (κ2) is 17.8. The van der Waals surface area contributed by atoms with Crippen LogP contribution in [0.25, 0.3) is 0 Å². The molecule has 1 fully saturated rings. The Morgan fingerprint density at radius 2 is 1.54 bits per heavy atom. The minimum Gasteiger partial charge on any atom is -0.467 e. The summed E-state index contributed by atoms with van der Waals surface area (Å²) in [6.45, 7) is 2.63. The number of anilines is 3. The molecule has 5 N–H and O–H groups in total. The molecule has 3 aromatic rings. The molecule has 0 unspecified atom stereocenters. The van der Waals surface area contributed by atoms with Crippen LogP contribution in [0.15, 0.2) is 48.5 Å². The van der Waals surface area contributed by atoms with Crippen molar-refractivity contribution in [3.63, 3.8) is 0 Å². The van der Waals surface area contributed by atoms with Crippen molar-refractivity contribution < 1.29 is 41.8 Å². The predicted octanol–water partition coefficient (Wildman–Crippen LogP) is 4.64. The first-order valence-corrected chi connectivity index (χ1v) is 16.9. The van der Waals surface area contributed by atoms with Crippen molar-refractivity contribution in [3.05, 3.63) is 64.7 Å². The van der Waals surface area contributed by atoms with Crippen molar-refractivity contribution >= 4 is 52.9 Å². The molecule has 1 atom stereocenters. The highest BCUT2D eigenvalue weighted by atomic mass is 35.5. The third kappa shape index (κ3) is 11.7. The molecule has 0 spiro atoms. The fourth-order valence-corrected chi connectivity index (χ4v) is 5.17. The summed E-state index contributed by atoms with van der Waals surface area (Å²) >= 11 is 6.02. The Kier molecular flexibility index (Phi) is 13.6. The van der Waals surface area contributed by atoms with Gasteiger partial charge in [-0.15, -0.1) is 0 Å². The SMILES string of the molecule is CCC(CC)CNC(=O)C(=O)NCC[C@H](NC(=O)c1ccc(Nc2nc(NC3(c4ccc(Cl)cc4)CC3)nc(OCC(F)(F)F)n2)cc1)C(=O)OC. The van der Waals surface area contributed by atoms with Gasteiger partial charge in [0.25, 0.3) is 5.91 Å². The van der Waals surface area contributed by atoms with Crippen molar-refractivity contribution in [2.45, 2.75) is 63.7 Å². The Hall–Kier alpha value is -5.19. The molecule has 52 heavy (non-hydrogen) atoms. The zero-order chi connectivity index (χ0) is 37.9. The number of nitrogens with one attached hydrogen (secondary N) is 5. The lowest BCUT2D eigenvalue weighted by molar-refractivity contribution is -0.154. The molecule has 1 aliphatic rings. The van der Waals surface area contributed by atoms with Crippen molar-refractivity contribution in [2.75, 3.05) is 37.4 Å². The van der Waals surface area contributed by atoms with Gasteiger partial charge in [-0.25, -0.2) is 4.79 Å². The third-order valence-corrected chi connectivity index (χ3v) is 8.55. The van der Waals surface area contributed by atoms with Gasteiger partial charge in [0.05, 0.1) is 12.6 Å². The normalized spacial score (nSPS) is 13.8. The number of aromatic nitrogens is 3. The van der Waals surface area contributed by atoms with E-state index in [1.165, 1.54) is 24.3 Å². The maximum atomic E-state index is 13.0. The van der Waals surface area contributed by atoms with Gasteiger partial charge in [-0.2, -0.15) is 28.1 Å². The maximum Gasteiger partial charge on any atom is 0.422 e. The second-order valence-electron chi connectivity index (χ2n) is 12.1. The lowest BCUT2D eigenvalue weighted by Crippen LogP contribution is -2.46. The number of carbonyl (C=O) groups is 4. The van der Waals surface area contributed by atoms with Crippen molar-refractivity contribution in [2.24, 2.45) is 5.92 Å². The van der Waals surface area contributed by atoms with E-state index >= 15 is 0 Å². The molecule has 0 radical (unpaired) electrons. The van der Waals surface area contributed by atoms with E-state index in [1.54, 1.807) is 12.1 Å². The number of carbonyl (C=O) groups excluding carboxylic acids is 4. The zero-order valence-corrected chi connectivity index (χ0v) is 29.5. The molecule has 1 aliphatic carbocycles. The highest BCUT2D eigenvalue weighted by Gasteiger charge is 2.45. The summed E-state index contributed by atoms with van der Waals surface area (Å²) < 4.78 is 48.4. The van der Waals surface area contributed by atoms with E-state index in [2.05, 4.69) is 41.5 Å². The Bertz CT molecular complexity index is 1700. The van der Waals surface area contributed by atoms with Crippen LogP contribution in [0.1, 0.15) is 61.9 Å². The molecule has 14 nitrogen and oxygen atoms in total. The molecule has 1 aromatic heterocycles. The quantitative estimate of drug-likeness (QED) is 0.0957. The largest absolute Gasteiger partial charge is 0.467 e. The van der Waals surface area contributed by atoms with Gasteiger partial charge in [-0.05, 0) is 67.1 Å². The molecular weight excluding hydrogens is 709 g/mol. The van der Waals surface area contributed by atoms with Crippen molar-refractivity contribution in [1.29, 1.82) is 0 Å². The number of methoxy groups -OCH3 is 1. The summed E-state index contributed by atoms with van der Waals surface area (Å²) in [5.74, 6) is -2.95. The Morgan fingerprint density at radius 1 is 0.904 bits per heavy atom. The van der Waals surface area contributed by atoms with Crippen LogP contribution in [0.2, 0.25) is 5.02 Å². The molecule has 0 saturated heterocycles. The van der Waals surface area contributed by atoms with E-state index in [0.29, 0.717) is 30.1 Å². The van der Waals surface area contributed by atoms with Crippen LogP contribution in [0.4, 0.5) is 30.8 Å². The summed E-state index contributed by atoms with van der Waals surface area (Å²) in [6.07, 6.45) is -1.55. The van der Waals surface area contributed by atoms with E-state index in [-0.39, 0.29) is 36.3 Å². The van der Waals surface area contributed by atoms with E-state index in [9.17, 15) is 32.3 Å². The minimum atomic E-state index is -4.63. The molecule has 2 aromatic carbocycles. The lowest BCUT2D eigenvalue weighted by Gasteiger charge is -2.19. The molecule has 1 saturated carbocycles. The average Bonchev–Trinajstić information content (AvgIpc) is 3.90.